The molecule has 0 spiro atoms. The van der Waals surface area contributed by atoms with Gasteiger partial charge in [0.1, 0.15) is 12.4 Å². The maximum absolute atomic E-state index is 6.11. The number of ether oxygens (including phenoxy) is 3. The molecule has 0 amide bonds. The average molecular weight is 293 g/mol. The van der Waals surface area contributed by atoms with Crippen LogP contribution in [0, 0.1) is 0 Å². The van der Waals surface area contributed by atoms with Crippen LogP contribution in [0.1, 0.15) is 34.1 Å². The molecule has 0 saturated carbocycles. The zero-order valence-electron chi connectivity index (χ0n) is 13.7. The van der Waals surface area contributed by atoms with Crippen LogP contribution in [0.5, 0.6) is 5.75 Å². The Morgan fingerprint density at radius 2 is 1.81 bits per heavy atom. The lowest BCUT2D eigenvalue weighted by Crippen LogP contribution is -2.38. The van der Waals surface area contributed by atoms with Crippen LogP contribution >= 0.6 is 0 Å². The molecule has 1 atom stereocenters. The highest BCUT2D eigenvalue weighted by atomic mass is 16.5. The first-order valence-corrected chi connectivity index (χ1v) is 7.51. The molecule has 2 rings (SSSR count). The molecule has 0 bridgehead atoms. The Morgan fingerprint density at radius 1 is 1.14 bits per heavy atom. The Kier molecular flexibility index (Phi) is 4.79. The molecule has 118 valence electrons. The molecular weight excluding hydrogens is 266 g/mol. The summed E-state index contributed by atoms with van der Waals surface area (Å²) in [5.74, 6) is 0.861. The van der Waals surface area contributed by atoms with Gasteiger partial charge in [0, 0.05) is 12.8 Å². The quantitative estimate of drug-likeness (QED) is 0.815. The summed E-state index contributed by atoms with van der Waals surface area (Å²) in [6.07, 6.45) is 0.992. The molecular formula is C17H27NO3. The maximum atomic E-state index is 6.11. The van der Waals surface area contributed by atoms with Crippen LogP contribution in [0.25, 0.3) is 0 Å². The summed E-state index contributed by atoms with van der Waals surface area (Å²) < 4.78 is 16.6. The van der Waals surface area contributed by atoms with Crippen molar-refractivity contribution in [2.75, 3.05) is 25.6 Å². The first-order valence-electron chi connectivity index (χ1n) is 7.51. The van der Waals surface area contributed by atoms with Crippen molar-refractivity contribution in [2.24, 2.45) is 0 Å². The normalized spacial score (nSPS) is 23.0. The average Bonchev–Trinajstić information content (AvgIpc) is 2.59. The Morgan fingerprint density at radius 3 is 2.33 bits per heavy atom. The van der Waals surface area contributed by atoms with Crippen LogP contribution in [0.3, 0.4) is 0 Å². The third-order valence-corrected chi connectivity index (χ3v) is 3.83. The van der Waals surface area contributed by atoms with E-state index in [0.29, 0.717) is 19.3 Å². The number of benzene rings is 1. The fraction of sp³-hybridized carbons (Fsp3) is 0.647. The van der Waals surface area contributed by atoms with Crippen molar-refractivity contribution < 1.29 is 14.2 Å². The summed E-state index contributed by atoms with van der Waals surface area (Å²) in [6, 6.07) is 8.35. The number of anilines is 1. The van der Waals surface area contributed by atoms with Crippen LogP contribution in [0.15, 0.2) is 24.3 Å². The van der Waals surface area contributed by atoms with E-state index in [9.17, 15) is 0 Å². The van der Waals surface area contributed by atoms with E-state index in [-0.39, 0.29) is 11.2 Å². The van der Waals surface area contributed by atoms with Gasteiger partial charge < -0.3 is 19.5 Å². The highest BCUT2D eigenvalue weighted by molar-refractivity contribution is 5.48. The summed E-state index contributed by atoms with van der Waals surface area (Å²) in [5, 5.41) is 3.58. The zero-order valence-corrected chi connectivity index (χ0v) is 13.7. The summed E-state index contributed by atoms with van der Waals surface area (Å²) in [4.78, 5) is 0. The molecule has 1 aromatic carbocycles. The van der Waals surface area contributed by atoms with Crippen molar-refractivity contribution >= 4 is 5.69 Å². The highest BCUT2D eigenvalue weighted by Gasteiger charge is 2.45. The standard InChI is InChI=1S/C17H27NO3/c1-16(2)12-15(17(3,4)21-16)18-13-6-8-14(9-7-13)20-11-10-19-5/h6-9,15,18H,10-12H2,1-5H3. The van der Waals surface area contributed by atoms with Crippen molar-refractivity contribution in [1.29, 1.82) is 0 Å². The van der Waals surface area contributed by atoms with Gasteiger partial charge in [0.25, 0.3) is 0 Å². The number of methoxy groups -OCH3 is 1. The van der Waals surface area contributed by atoms with Crippen LogP contribution in [0.4, 0.5) is 5.69 Å². The number of rotatable bonds is 6. The zero-order chi connectivity index (χ0) is 15.5. The number of hydrogen-bond acceptors (Lipinski definition) is 4. The van der Waals surface area contributed by atoms with Gasteiger partial charge in [-0.05, 0) is 58.4 Å². The second-order valence-corrected chi connectivity index (χ2v) is 6.73. The van der Waals surface area contributed by atoms with Crippen molar-refractivity contribution in [2.45, 2.75) is 51.4 Å². The Bertz CT molecular complexity index is 454. The van der Waals surface area contributed by atoms with E-state index in [1.165, 1.54) is 0 Å². The van der Waals surface area contributed by atoms with Gasteiger partial charge in [0.15, 0.2) is 0 Å². The Hall–Kier alpha value is -1.26. The van der Waals surface area contributed by atoms with Crippen LogP contribution < -0.4 is 10.1 Å². The molecule has 4 nitrogen and oxygen atoms in total. The lowest BCUT2D eigenvalue weighted by Gasteiger charge is -2.28. The molecule has 1 aliphatic heterocycles. The molecule has 1 aliphatic rings. The lowest BCUT2D eigenvalue weighted by atomic mass is 9.94. The largest absolute Gasteiger partial charge is 0.491 e. The molecule has 1 heterocycles. The predicted molar refractivity (Wildman–Crippen MR) is 85.1 cm³/mol. The minimum Gasteiger partial charge on any atom is -0.491 e. The van der Waals surface area contributed by atoms with Crippen LogP contribution in [-0.2, 0) is 9.47 Å². The van der Waals surface area contributed by atoms with Crippen LogP contribution in [-0.4, -0.2) is 37.6 Å². The molecule has 0 aliphatic carbocycles. The summed E-state index contributed by atoms with van der Waals surface area (Å²) in [6.45, 7) is 9.74. The van der Waals surface area contributed by atoms with Crippen molar-refractivity contribution in [3.63, 3.8) is 0 Å². The first kappa shape index (κ1) is 16.1. The van der Waals surface area contributed by atoms with Gasteiger partial charge >= 0.3 is 0 Å². The monoisotopic (exact) mass is 293 g/mol. The highest BCUT2D eigenvalue weighted by Crippen LogP contribution is 2.38. The lowest BCUT2D eigenvalue weighted by molar-refractivity contribution is -0.0662. The second-order valence-electron chi connectivity index (χ2n) is 6.73. The van der Waals surface area contributed by atoms with Crippen molar-refractivity contribution in [1.82, 2.24) is 0 Å². The topological polar surface area (TPSA) is 39.7 Å². The first-order chi connectivity index (χ1) is 9.82. The molecule has 0 radical (unpaired) electrons. The van der Waals surface area contributed by atoms with E-state index >= 15 is 0 Å². The summed E-state index contributed by atoms with van der Waals surface area (Å²) >= 11 is 0. The van der Waals surface area contributed by atoms with E-state index in [0.717, 1.165) is 17.9 Å². The Balaban J connectivity index is 1.94. The van der Waals surface area contributed by atoms with E-state index in [2.05, 4.69) is 33.0 Å². The molecule has 4 heteroatoms. The van der Waals surface area contributed by atoms with Gasteiger partial charge in [-0.2, -0.15) is 0 Å². The molecule has 1 unspecified atom stereocenters. The van der Waals surface area contributed by atoms with Crippen molar-refractivity contribution in [3.05, 3.63) is 24.3 Å². The van der Waals surface area contributed by atoms with Gasteiger partial charge in [-0.3, -0.25) is 0 Å². The third kappa shape index (κ3) is 4.35. The molecule has 1 aromatic rings. The van der Waals surface area contributed by atoms with Crippen LogP contribution in [0.2, 0.25) is 0 Å². The van der Waals surface area contributed by atoms with E-state index in [1.807, 2.05) is 24.3 Å². The van der Waals surface area contributed by atoms with Gasteiger partial charge in [0.05, 0.1) is 23.9 Å². The molecule has 0 aromatic heterocycles. The molecule has 1 N–H and O–H groups in total. The molecule has 1 fully saturated rings. The third-order valence-electron chi connectivity index (χ3n) is 3.83. The smallest absolute Gasteiger partial charge is 0.119 e. The number of nitrogens with one attached hydrogen (secondary N) is 1. The molecule has 1 saturated heterocycles. The van der Waals surface area contributed by atoms with E-state index in [1.54, 1.807) is 7.11 Å². The van der Waals surface area contributed by atoms with Gasteiger partial charge in [-0.1, -0.05) is 0 Å². The summed E-state index contributed by atoms with van der Waals surface area (Å²) in [5.41, 5.74) is 0.843. The van der Waals surface area contributed by atoms with Gasteiger partial charge in [0.2, 0.25) is 0 Å². The minimum absolute atomic E-state index is 0.0790. The fourth-order valence-electron chi connectivity index (χ4n) is 2.88. The second kappa shape index (κ2) is 6.24. The van der Waals surface area contributed by atoms with Gasteiger partial charge in [-0.25, -0.2) is 0 Å². The summed E-state index contributed by atoms with van der Waals surface area (Å²) in [7, 11) is 1.67. The predicted octanol–water partition coefficient (Wildman–Crippen LogP) is 3.47. The maximum Gasteiger partial charge on any atom is 0.119 e. The van der Waals surface area contributed by atoms with Gasteiger partial charge in [-0.15, -0.1) is 0 Å². The SMILES string of the molecule is COCCOc1ccc(NC2CC(C)(C)OC2(C)C)cc1. The number of hydrogen-bond donors (Lipinski definition) is 1. The van der Waals surface area contributed by atoms with E-state index in [4.69, 9.17) is 14.2 Å². The fourth-order valence-corrected chi connectivity index (χ4v) is 2.88. The minimum atomic E-state index is -0.170. The molecule has 21 heavy (non-hydrogen) atoms. The van der Waals surface area contributed by atoms with Crippen molar-refractivity contribution in [3.8, 4) is 5.75 Å². The van der Waals surface area contributed by atoms with E-state index < -0.39 is 0 Å². The Labute approximate surface area is 127 Å².